The average molecular weight is 171 g/mol. The molecule has 66 valence electrons. The van der Waals surface area contributed by atoms with Crippen LogP contribution < -0.4 is 5.73 Å². The van der Waals surface area contributed by atoms with E-state index >= 15 is 0 Å². The van der Waals surface area contributed by atoms with E-state index in [9.17, 15) is 9.18 Å². The van der Waals surface area contributed by atoms with Gasteiger partial charge in [0.2, 0.25) is 0 Å². The van der Waals surface area contributed by atoms with Gasteiger partial charge in [-0.1, -0.05) is 12.7 Å². The molecule has 0 radical (unpaired) electrons. The van der Waals surface area contributed by atoms with Crippen molar-refractivity contribution in [2.24, 2.45) is 5.73 Å². The SMILES string of the molecule is C=C(O)/C(=C\C(F)=C/C)C(N)=O. The van der Waals surface area contributed by atoms with E-state index in [1.54, 1.807) is 0 Å². The van der Waals surface area contributed by atoms with Crippen LogP contribution in [0.2, 0.25) is 0 Å². The van der Waals surface area contributed by atoms with Gasteiger partial charge in [-0.15, -0.1) is 0 Å². The number of aliphatic hydroxyl groups is 1. The van der Waals surface area contributed by atoms with Crippen molar-refractivity contribution in [3.8, 4) is 0 Å². The van der Waals surface area contributed by atoms with Crippen LogP contribution in [0.15, 0.2) is 35.9 Å². The summed E-state index contributed by atoms with van der Waals surface area (Å²) in [6, 6.07) is 0. The molecule has 4 heteroatoms. The zero-order valence-electron chi connectivity index (χ0n) is 6.67. The van der Waals surface area contributed by atoms with Crippen molar-refractivity contribution in [2.75, 3.05) is 0 Å². The Balaban J connectivity index is 4.87. The molecule has 0 fully saturated rings. The molecule has 0 aliphatic rings. The third-order valence-electron chi connectivity index (χ3n) is 1.13. The van der Waals surface area contributed by atoms with E-state index in [-0.39, 0.29) is 5.57 Å². The van der Waals surface area contributed by atoms with Crippen molar-refractivity contribution >= 4 is 5.91 Å². The smallest absolute Gasteiger partial charge is 0.252 e. The Morgan fingerprint density at radius 3 is 2.42 bits per heavy atom. The van der Waals surface area contributed by atoms with Gasteiger partial charge in [-0.05, 0) is 13.0 Å². The molecular formula is C8H10FNO2. The maximum Gasteiger partial charge on any atom is 0.252 e. The molecule has 12 heavy (non-hydrogen) atoms. The van der Waals surface area contributed by atoms with Crippen LogP contribution in [0.4, 0.5) is 4.39 Å². The lowest BCUT2D eigenvalue weighted by atomic mass is 10.2. The summed E-state index contributed by atoms with van der Waals surface area (Å²) in [7, 11) is 0. The van der Waals surface area contributed by atoms with Gasteiger partial charge in [0.1, 0.15) is 11.6 Å². The molecule has 0 bridgehead atoms. The number of carbonyl (C=O) groups is 1. The molecular weight excluding hydrogens is 161 g/mol. The Hall–Kier alpha value is -1.58. The second kappa shape index (κ2) is 4.33. The molecule has 0 aliphatic heterocycles. The first-order chi connectivity index (χ1) is 5.49. The van der Waals surface area contributed by atoms with Crippen molar-refractivity contribution in [3.63, 3.8) is 0 Å². The molecule has 1 amide bonds. The van der Waals surface area contributed by atoms with E-state index in [1.807, 2.05) is 0 Å². The van der Waals surface area contributed by atoms with Crippen LogP contribution in [0.1, 0.15) is 6.92 Å². The number of halogens is 1. The largest absolute Gasteiger partial charge is 0.508 e. The summed E-state index contributed by atoms with van der Waals surface area (Å²) >= 11 is 0. The number of amides is 1. The molecule has 0 unspecified atom stereocenters. The highest BCUT2D eigenvalue weighted by Gasteiger charge is 2.08. The lowest BCUT2D eigenvalue weighted by molar-refractivity contribution is -0.114. The van der Waals surface area contributed by atoms with Crippen LogP contribution in [0.3, 0.4) is 0 Å². The van der Waals surface area contributed by atoms with Gasteiger partial charge in [-0.3, -0.25) is 4.79 Å². The molecule has 0 aromatic heterocycles. The standard InChI is InChI=1S/C8H10FNO2/c1-3-6(9)4-7(5(2)11)8(10)12/h3-4,11H,2H2,1H3,(H2,10,12)/b6-3+,7-4+. The first kappa shape index (κ1) is 10.4. The molecule has 0 atom stereocenters. The minimum atomic E-state index is -0.917. The first-order valence-corrected chi connectivity index (χ1v) is 3.20. The third kappa shape index (κ3) is 3.01. The maximum atomic E-state index is 12.5. The van der Waals surface area contributed by atoms with E-state index in [0.29, 0.717) is 0 Å². The minimum Gasteiger partial charge on any atom is -0.508 e. The third-order valence-corrected chi connectivity index (χ3v) is 1.13. The second-order valence-corrected chi connectivity index (χ2v) is 2.04. The first-order valence-electron chi connectivity index (χ1n) is 3.20. The van der Waals surface area contributed by atoms with Crippen molar-refractivity contribution in [2.45, 2.75) is 6.92 Å². The summed E-state index contributed by atoms with van der Waals surface area (Å²) in [5.41, 5.74) is 4.49. The Labute approximate surface area is 69.7 Å². The van der Waals surface area contributed by atoms with E-state index in [2.05, 4.69) is 6.58 Å². The van der Waals surface area contributed by atoms with Crippen molar-refractivity contribution in [3.05, 3.63) is 35.9 Å². The monoisotopic (exact) mass is 171 g/mol. The Morgan fingerprint density at radius 1 is 1.67 bits per heavy atom. The zero-order valence-corrected chi connectivity index (χ0v) is 6.67. The molecule has 0 heterocycles. The predicted octanol–water partition coefficient (Wildman–Crippen LogP) is 1.34. The second-order valence-electron chi connectivity index (χ2n) is 2.04. The van der Waals surface area contributed by atoms with Gasteiger partial charge in [0.15, 0.2) is 0 Å². The van der Waals surface area contributed by atoms with Gasteiger partial charge in [-0.2, -0.15) is 0 Å². The highest BCUT2D eigenvalue weighted by atomic mass is 19.1. The molecule has 0 saturated heterocycles. The lowest BCUT2D eigenvalue weighted by Gasteiger charge is -1.98. The summed E-state index contributed by atoms with van der Waals surface area (Å²) < 4.78 is 12.5. The summed E-state index contributed by atoms with van der Waals surface area (Å²) in [6.07, 6.45) is 1.95. The quantitative estimate of drug-likeness (QED) is 0.382. The highest BCUT2D eigenvalue weighted by Crippen LogP contribution is 2.08. The van der Waals surface area contributed by atoms with Gasteiger partial charge in [0, 0.05) is 0 Å². The fourth-order valence-electron chi connectivity index (χ4n) is 0.518. The fourth-order valence-corrected chi connectivity index (χ4v) is 0.518. The van der Waals surface area contributed by atoms with Gasteiger partial charge >= 0.3 is 0 Å². The summed E-state index contributed by atoms with van der Waals surface area (Å²) in [5.74, 6) is -2.11. The number of rotatable bonds is 3. The Morgan fingerprint density at radius 2 is 2.17 bits per heavy atom. The van der Waals surface area contributed by atoms with Crippen LogP contribution in [0.25, 0.3) is 0 Å². The molecule has 3 nitrogen and oxygen atoms in total. The predicted molar refractivity (Wildman–Crippen MR) is 43.9 cm³/mol. The molecule has 3 N–H and O–H groups in total. The van der Waals surface area contributed by atoms with E-state index < -0.39 is 17.5 Å². The van der Waals surface area contributed by atoms with Gasteiger partial charge in [0.25, 0.3) is 5.91 Å². The van der Waals surface area contributed by atoms with E-state index in [0.717, 1.165) is 12.2 Å². The van der Waals surface area contributed by atoms with Crippen LogP contribution in [-0.4, -0.2) is 11.0 Å². The van der Waals surface area contributed by atoms with Gasteiger partial charge < -0.3 is 10.8 Å². The molecule has 0 rings (SSSR count). The normalized spacial score (nSPS) is 12.8. The number of carbonyl (C=O) groups excluding carboxylic acids is 1. The lowest BCUT2D eigenvalue weighted by Crippen LogP contribution is -2.15. The van der Waals surface area contributed by atoms with Gasteiger partial charge in [-0.25, -0.2) is 4.39 Å². The average Bonchev–Trinajstić information content (AvgIpc) is 1.98. The van der Waals surface area contributed by atoms with Crippen LogP contribution in [0, 0.1) is 0 Å². The van der Waals surface area contributed by atoms with Crippen LogP contribution >= 0.6 is 0 Å². The number of aliphatic hydroxyl groups excluding tert-OH is 1. The van der Waals surface area contributed by atoms with Crippen molar-refractivity contribution in [1.29, 1.82) is 0 Å². The number of nitrogens with two attached hydrogens (primary N) is 1. The number of hydrogen-bond donors (Lipinski definition) is 2. The molecule has 0 saturated carbocycles. The number of allylic oxidation sites excluding steroid dienone is 3. The summed E-state index contributed by atoms with van der Waals surface area (Å²) in [4.78, 5) is 10.5. The van der Waals surface area contributed by atoms with E-state index in [4.69, 9.17) is 10.8 Å². The Bertz CT molecular complexity index is 250. The maximum absolute atomic E-state index is 12.5. The molecule has 0 aromatic rings. The molecule has 0 aromatic carbocycles. The highest BCUT2D eigenvalue weighted by molar-refractivity contribution is 5.96. The zero-order chi connectivity index (χ0) is 9.72. The Kier molecular flexibility index (Phi) is 3.76. The minimum absolute atomic E-state index is 0.328. The van der Waals surface area contributed by atoms with Crippen molar-refractivity contribution < 1.29 is 14.3 Å². The van der Waals surface area contributed by atoms with E-state index in [1.165, 1.54) is 6.92 Å². The summed E-state index contributed by atoms with van der Waals surface area (Å²) in [5, 5.41) is 8.77. The van der Waals surface area contributed by atoms with Crippen LogP contribution in [0.5, 0.6) is 0 Å². The molecule has 0 spiro atoms. The number of hydrogen-bond acceptors (Lipinski definition) is 2. The summed E-state index contributed by atoms with van der Waals surface area (Å²) in [6.45, 7) is 4.51. The van der Waals surface area contributed by atoms with Crippen molar-refractivity contribution in [1.82, 2.24) is 0 Å². The van der Waals surface area contributed by atoms with Crippen LogP contribution in [-0.2, 0) is 4.79 Å². The molecule has 0 aliphatic carbocycles. The number of primary amides is 1. The topological polar surface area (TPSA) is 63.3 Å². The van der Waals surface area contributed by atoms with Gasteiger partial charge in [0.05, 0.1) is 5.57 Å². The fraction of sp³-hybridized carbons (Fsp3) is 0.125.